The minimum atomic E-state index is -0.472. The van der Waals surface area contributed by atoms with E-state index in [4.69, 9.17) is 4.74 Å². The van der Waals surface area contributed by atoms with E-state index in [2.05, 4.69) is 5.32 Å². The Bertz CT molecular complexity index is 1070. The van der Waals surface area contributed by atoms with Crippen LogP contribution in [0.25, 0.3) is 0 Å². The first-order chi connectivity index (χ1) is 15.8. The van der Waals surface area contributed by atoms with E-state index in [1.807, 2.05) is 30.3 Å². The molecule has 33 heavy (non-hydrogen) atoms. The van der Waals surface area contributed by atoms with Crippen LogP contribution in [0.3, 0.4) is 0 Å². The molecule has 2 heterocycles. The van der Waals surface area contributed by atoms with Gasteiger partial charge in [0.25, 0.3) is 17.7 Å². The lowest BCUT2D eigenvalue weighted by molar-refractivity contribution is 0.0608. The number of fused-ring (bicyclic) bond motifs is 1. The summed E-state index contributed by atoms with van der Waals surface area (Å²) in [5.41, 5.74) is 1.91. The van der Waals surface area contributed by atoms with E-state index in [0.717, 1.165) is 5.56 Å². The third kappa shape index (κ3) is 4.74. The zero-order chi connectivity index (χ0) is 23.5. The Kier molecular flexibility index (Phi) is 6.44. The predicted octanol–water partition coefficient (Wildman–Crippen LogP) is 3.22. The molecule has 1 saturated heterocycles. The van der Waals surface area contributed by atoms with Crippen molar-refractivity contribution in [2.75, 3.05) is 13.1 Å². The van der Waals surface area contributed by atoms with Crippen LogP contribution < -0.4 is 5.32 Å². The van der Waals surface area contributed by atoms with E-state index in [0.29, 0.717) is 37.1 Å². The lowest BCUT2D eigenvalue weighted by Gasteiger charge is -2.32. The number of benzene rings is 2. The topological polar surface area (TPSA) is 96.0 Å². The summed E-state index contributed by atoms with van der Waals surface area (Å²) in [5, 5.41) is 2.86. The number of rotatable bonds is 5. The fourth-order valence-electron chi connectivity index (χ4n) is 4.20. The number of hydrogen-bond acceptors (Lipinski definition) is 5. The molecule has 0 atom stereocenters. The Morgan fingerprint density at radius 2 is 1.67 bits per heavy atom. The van der Waals surface area contributed by atoms with Gasteiger partial charge >= 0.3 is 6.09 Å². The molecule has 1 N–H and O–H groups in total. The van der Waals surface area contributed by atoms with Crippen molar-refractivity contribution in [1.82, 2.24) is 15.1 Å². The van der Waals surface area contributed by atoms with Crippen molar-refractivity contribution >= 4 is 23.8 Å². The second-order valence-electron chi connectivity index (χ2n) is 8.61. The smallest absolute Gasteiger partial charge is 0.407 e. The van der Waals surface area contributed by atoms with Gasteiger partial charge in [0.15, 0.2) is 0 Å². The first kappa shape index (κ1) is 22.5. The molecule has 4 amide bonds. The van der Waals surface area contributed by atoms with Crippen LogP contribution in [0.1, 0.15) is 63.3 Å². The molecule has 0 spiro atoms. The molecule has 2 aliphatic heterocycles. The van der Waals surface area contributed by atoms with E-state index in [-0.39, 0.29) is 42.0 Å². The van der Waals surface area contributed by atoms with Crippen molar-refractivity contribution in [2.24, 2.45) is 0 Å². The molecule has 8 heteroatoms. The number of alkyl carbamates (subject to hydrolysis) is 1. The lowest BCUT2D eigenvalue weighted by Crippen LogP contribution is -2.46. The first-order valence-electron chi connectivity index (χ1n) is 11.1. The van der Waals surface area contributed by atoms with E-state index >= 15 is 0 Å². The minimum absolute atomic E-state index is 0.0730. The number of ether oxygens (including phenoxy) is 1. The maximum atomic E-state index is 13.0. The molecule has 4 rings (SSSR count). The summed E-state index contributed by atoms with van der Waals surface area (Å²) in [6.45, 7) is 4.72. The van der Waals surface area contributed by atoms with Gasteiger partial charge in [-0.1, -0.05) is 30.3 Å². The minimum Gasteiger partial charge on any atom is -0.445 e. The largest absolute Gasteiger partial charge is 0.445 e. The van der Waals surface area contributed by atoms with Gasteiger partial charge in [-0.3, -0.25) is 19.3 Å². The van der Waals surface area contributed by atoms with E-state index in [1.54, 1.807) is 30.9 Å². The molecule has 0 radical (unpaired) electrons. The van der Waals surface area contributed by atoms with Crippen molar-refractivity contribution in [2.45, 2.75) is 45.4 Å². The molecule has 2 aromatic carbocycles. The Morgan fingerprint density at radius 3 is 2.33 bits per heavy atom. The van der Waals surface area contributed by atoms with Crippen molar-refractivity contribution in [3.8, 4) is 0 Å². The van der Waals surface area contributed by atoms with Crippen LogP contribution in [0, 0.1) is 0 Å². The highest BCUT2D eigenvalue weighted by atomic mass is 16.5. The highest BCUT2D eigenvalue weighted by Gasteiger charge is 2.38. The molecular formula is C25H27N3O5. The van der Waals surface area contributed by atoms with Crippen molar-refractivity contribution in [3.63, 3.8) is 0 Å². The Labute approximate surface area is 192 Å². The van der Waals surface area contributed by atoms with Crippen LogP contribution in [0.5, 0.6) is 0 Å². The van der Waals surface area contributed by atoms with Crippen LogP contribution in [-0.4, -0.2) is 58.8 Å². The molecule has 1 fully saturated rings. The van der Waals surface area contributed by atoms with Gasteiger partial charge in [0, 0.05) is 30.7 Å². The van der Waals surface area contributed by atoms with Gasteiger partial charge in [0.2, 0.25) is 0 Å². The van der Waals surface area contributed by atoms with E-state index in [1.165, 1.54) is 11.0 Å². The molecule has 0 bridgehead atoms. The van der Waals surface area contributed by atoms with Crippen LogP contribution in [-0.2, 0) is 11.3 Å². The average Bonchev–Trinajstić information content (AvgIpc) is 3.08. The normalized spacial score (nSPS) is 16.2. The third-order valence-electron chi connectivity index (χ3n) is 6.00. The van der Waals surface area contributed by atoms with Gasteiger partial charge in [0.05, 0.1) is 11.1 Å². The summed E-state index contributed by atoms with van der Waals surface area (Å²) in [5.74, 6) is -0.877. The number of amides is 4. The Morgan fingerprint density at radius 1 is 1.00 bits per heavy atom. The molecular weight excluding hydrogens is 422 g/mol. The highest BCUT2D eigenvalue weighted by molar-refractivity contribution is 6.22. The molecule has 0 unspecified atom stereocenters. The number of hydrogen-bond donors (Lipinski definition) is 1. The number of nitrogens with one attached hydrogen (secondary N) is 1. The predicted molar refractivity (Wildman–Crippen MR) is 121 cm³/mol. The number of piperidine rings is 1. The number of imide groups is 1. The van der Waals surface area contributed by atoms with Gasteiger partial charge in [-0.15, -0.1) is 0 Å². The van der Waals surface area contributed by atoms with Crippen LogP contribution >= 0.6 is 0 Å². The third-order valence-corrected chi connectivity index (χ3v) is 6.00. The van der Waals surface area contributed by atoms with Gasteiger partial charge < -0.3 is 15.0 Å². The van der Waals surface area contributed by atoms with Gasteiger partial charge in [-0.05, 0) is 50.5 Å². The number of carbonyl (C=O) groups excluding carboxylic acids is 4. The number of carbonyl (C=O) groups is 4. The van der Waals surface area contributed by atoms with Crippen molar-refractivity contribution in [3.05, 3.63) is 70.8 Å². The Balaban J connectivity index is 1.31. The SMILES string of the molecule is CC(C)N1C(=O)c2ccc(C(=O)N3CCC(NC(=O)OCc4ccccc4)CC3)cc2C1=O. The van der Waals surface area contributed by atoms with Gasteiger partial charge in [-0.2, -0.15) is 0 Å². The maximum Gasteiger partial charge on any atom is 0.407 e. The molecule has 0 aliphatic carbocycles. The molecule has 2 aliphatic rings. The van der Waals surface area contributed by atoms with Crippen LogP contribution in [0.2, 0.25) is 0 Å². The van der Waals surface area contributed by atoms with E-state index < -0.39 is 6.09 Å². The first-order valence-corrected chi connectivity index (χ1v) is 11.1. The second-order valence-corrected chi connectivity index (χ2v) is 8.61. The second kappa shape index (κ2) is 9.44. The lowest BCUT2D eigenvalue weighted by atomic mass is 10.0. The molecule has 2 aromatic rings. The summed E-state index contributed by atoms with van der Waals surface area (Å²) in [6.07, 6.45) is 0.742. The molecule has 8 nitrogen and oxygen atoms in total. The summed E-state index contributed by atoms with van der Waals surface area (Å²) in [4.78, 5) is 53.1. The summed E-state index contributed by atoms with van der Waals surface area (Å²) in [6, 6.07) is 13.8. The zero-order valence-corrected chi connectivity index (χ0v) is 18.7. The quantitative estimate of drug-likeness (QED) is 0.707. The van der Waals surface area contributed by atoms with Gasteiger partial charge in [-0.25, -0.2) is 4.79 Å². The standard InChI is InChI=1S/C25H27N3O5/c1-16(2)28-23(30)20-9-8-18(14-21(20)24(28)31)22(29)27-12-10-19(11-13-27)26-25(32)33-15-17-6-4-3-5-7-17/h3-9,14,16,19H,10-13,15H2,1-2H3,(H,26,32). The molecule has 0 saturated carbocycles. The Hall–Kier alpha value is -3.68. The van der Waals surface area contributed by atoms with Crippen LogP contribution in [0.4, 0.5) is 4.79 Å². The zero-order valence-electron chi connectivity index (χ0n) is 18.7. The van der Waals surface area contributed by atoms with E-state index in [9.17, 15) is 19.2 Å². The number of nitrogens with zero attached hydrogens (tertiary/aromatic N) is 2. The van der Waals surface area contributed by atoms with Crippen molar-refractivity contribution < 1.29 is 23.9 Å². The fourth-order valence-corrected chi connectivity index (χ4v) is 4.20. The maximum absolute atomic E-state index is 13.0. The summed E-state index contributed by atoms with van der Waals surface area (Å²) >= 11 is 0. The summed E-state index contributed by atoms with van der Waals surface area (Å²) in [7, 11) is 0. The fraction of sp³-hybridized carbons (Fsp3) is 0.360. The molecule has 172 valence electrons. The van der Waals surface area contributed by atoms with Crippen molar-refractivity contribution in [1.29, 1.82) is 0 Å². The summed E-state index contributed by atoms with van der Waals surface area (Å²) < 4.78 is 5.27. The average molecular weight is 450 g/mol. The van der Waals surface area contributed by atoms with Crippen LogP contribution in [0.15, 0.2) is 48.5 Å². The monoisotopic (exact) mass is 449 g/mol. The number of likely N-dealkylation sites (tertiary alicyclic amines) is 1. The molecule has 0 aromatic heterocycles. The highest BCUT2D eigenvalue weighted by Crippen LogP contribution is 2.26. The van der Waals surface area contributed by atoms with Gasteiger partial charge in [0.1, 0.15) is 6.61 Å².